The first kappa shape index (κ1) is 10.4. The Labute approximate surface area is 81.3 Å². The lowest BCUT2D eigenvalue weighted by Gasteiger charge is -2.11. The minimum atomic E-state index is 0.481. The molecule has 2 heteroatoms. The van der Waals surface area contributed by atoms with Crippen LogP contribution in [-0.4, -0.2) is 19.0 Å². The molecule has 0 aromatic rings. The lowest BCUT2D eigenvalue weighted by atomic mass is 10.2. The van der Waals surface area contributed by atoms with Gasteiger partial charge in [-0.05, 0) is 25.0 Å². The van der Waals surface area contributed by atoms with Crippen molar-refractivity contribution in [2.75, 3.05) is 19.0 Å². The second kappa shape index (κ2) is 5.13. The summed E-state index contributed by atoms with van der Waals surface area (Å²) in [6.45, 7) is 4.11. The summed E-state index contributed by atoms with van der Waals surface area (Å²) in [4.78, 5) is 0. The molecule has 0 aromatic heterocycles. The Balaban J connectivity index is 1.89. The number of rotatable bonds is 7. The molecule has 1 aliphatic rings. The zero-order chi connectivity index (χ0) is 8.86. The summed E-state index contributed by atoms with van der Waals surface area (Å²) in [5.74, 6) is 1.00. The molecule has 1 fully saturated rings. The summed E-state index contributed by atoms with van der Waals surface area (Å²) >= 11 is 4.33. The lowest BCUT2D eigenvalue weighted by molar-refractivity contribution is 0.0952. The normalized spacial score (nSPS) is 19.5. The van der Waals surface area contributed by atoms with Crippen LogP contribution >= 0.6 is 12.6 Å². The third kappa shape index (κ3) is 3.36. The summed E-state index contributed by atoms with van der Waals surface area (Å²) in [6, 6.07) is 0. The molecule has 0 N–H and O–H groups in total. The van der Waals surface area contributed by atoms with Gasteiger partial charge in [-0.15, -0.1) is 0 Å². The van der Waals surface area contributed by atoms with Gasteiger partial charge in [-0.2, -0.15) is 12.6 Å². The van der Waals surface area contributed by atoms with Crippen molar-refractivity contribution in [3.8, 4) is 0 Å². The molecule has 0 aromatic carbocycles. The third-order valence-electron chi connectivity index (χ3n) is 2.59. The predicted molar refractivity (Wildman–Crippen MR) is 55.9 cm³/mol. The molecule has 0 unspecified atom stereocenters. The second-order valence-corrected chi connectivity index (χ2v) is 4.23. The van der Waals surface area contributed by atoms with Gasteiger partial charge in [0.1, 0.15) is 0 Å². The molecule has 1 rings (SSSR count). The van der Waals surface area contributed by atoms with Crippen LogP contribution in [0.1, 0.15) is 39.0 Å². The Morgan fingerprint density at radius 2 is 2.08 bits per heavy atom. The van der Waals surface area contributed by atoms with E-state index in [2.05, 4.69) is 19.6 Å². The summed E-state index contributed by atoms with van der Waals surface area (Å²) < 4.78 is 5.60. The monoisotopic (exact) mass is 188 g/mol. The van der Waals surface area contributed by atoms with E-state index in [0.29, 0.717) is 5.41 Å². The van der Waals surface area contributed by atoms with Crippen molar-refractivity contribution in [2.24, 2.45) is 5.41 Å². The Hall–Kier alpha value is 0.310. The zero-order valence-electron chi connectivity index (χ0n) is 8.01. The highest BCUT2D eigenvalue weighted by Gasteiger charge is 2.41. The molecule has 1 aliphatic carbocycles. The lowest BCUT2D eigenvalue weighted by Crippen LogP contribution is -2.12. The van der Waals surface area contributed by atoms with Gasteiger partial charge in [0.25, 0.3) is 0 Å². The zero-order valence-corrected chi connectivity index (χ0v) is 8.91. The molecule has 1 nitrogen and oxygen atoms in total. The van der Waals surface area contributed by atoms with Crippen molar-refractivity contribution in [1.29, 1.82) is 0 Å². The van der Waals surface area contributed by atoms with E-state index >= 15 is 0 Å². The van der Waals surface area contributed by atoms with Crippen LogP contribution in [0.4, 0.5) is 0 Å². The Morgan fingerprint density at radius 3 is 2.58 bits per heavy atom. The van der Waals surface area contributed by atoms with E-state index in [0.717, 1.165) is 19.0 Å². The van der Waals surface area contributed by atoms with E-state index in [-0.39, 0.29) is 0 Å². The standard InChI is InChI=1S/C10H20OS/c1-2-3-4-7-11-8-10(9-12)5-6-10/h12H,2-9H2,1H3. The fourth-order valence-corrected chi connectivity index (χ4v) is 1.68. The van der Waals surface area contributed by atoms with Crippen molar-refractivity contribution >= 4 is 12.6 Å². The van der Waals surface area contributed by atoms with E-state index in [1.54, 1.807) is 0 Å². The fraction of sp³-hybridized carbons (Fsp3) is 1.00. The van der Waals surface area contributed by atoms with E-state index in [1.165, 1.54) is 32.1 Å². The van der Waals surface area contributed by atoms with Crippen LogP contribution in [0, 0.1) is 5.41 Å². The van der Waals surface area contributed by atoms with E-state index in [9.17, 15) is 0 Å². The van der Waals surface area contributed by atoms with Crippen LogP contribution < -0.4 is 0 Å². The minimum absolute atomic E-state index is 0.481. The first-order chi connectivity index (χ1) is 5.83. The van der Waals surface area contributed by atoms with Gasteiger partial charge in [0.05, 0.1) is 6.61 Å². The minimum Gasteiger partial charge on any atom is -0.381 e. The van der Waals surface area contributed by atoms with Crippen LogP contribution in [0.3, 0.4) is 0 Å². The van der Waals surface area contributed by atoms with Crippen LogP contribution in [0.2, 0.25) is 0 Å². The topological polar surface area (TPSA) is 9.23 Å². The number of hydrogen-bond acceptors (Lipinski definition) is 2. The highest BCUT2D eigenvalue weighted by Crippen LogP contribution is 2.46. The first-order valence-electron chi connectivity index (χ1n) is 5.01. The summed E-state index contributed by atoms with van der Waals surface area (Å²) in [5.41, 5.74) is 0.481. The van der Waals surface area contributed by atoms with Crippen LogP contribution in [-0.2, 0) is 4.74 Å². The maximum atomic E-state index is 5.60. The fourth-order valence-electron chi connectivity index (χ4n) is 1.27. The van der Waals surface area contributed by atoms with Gasteiger partial charge in [-0.25, -0.2) is 0 Å². The smallest absolute Gasteiger partial charge is 0.0530 e. The molecule has 72 valence electrons. The van der Waals surface area contributed by atoms with Crippen molar-refractivity contribution in [3.05, 3.63) is 0 Å². The molecule has 0 radical (unpaired) electrons. The van der Waals surface area contributed by atoms with Crippen molar-refractivity contribution in [3.63, 3.8) is 0 Å². The maximum absolute atomic E-state index is 5.60. The van der Waals surface area contributed by atoms with Gasteiger partial charge in [0, 0.05) is 12.0 Å². The van der Waals surface area contributed by atoms with E-state index in [1.807, 2.05) is 0 Å². The van der Waals surface area contributed by atoms with Crippen LogP contribution in [0.5, 0.6) is 0 Å². The molecule has 0 amide bonds. The third-order valence-corrected chi connectivity index (χ3v) is 3.26. The molecule has 0 aliphatic heterocycles. The largest absolute Gasteiger partial charge is 0.381 e. The van der Waals surface area contributed by atoms with Gasteiger partial charge >= 0.3 is 0 Å². The molecule has 0 atom stereocenters. The average Bonchev–Trinajstić information content (AvgIpc) is 2.85. The highest BCUT2D eigenvalue weighted by atomic mass is 32.1. The maximum Gasteiger partial charge on any atom is 0.0530 e. The summed E-state index contributed by atoms with van der Waals surface area (Å²) in [5, 5.41) is 0. The van der Waals surface area contributed by atoms with Gasteiger partial charge in [0.15, 0.2) is 0 Å². The molecule has 0 bridgehead atoms. The Kier molecular flexibility index (Phi) is 4.44. The second-order valence-electron chi connectivity index (χ2n) is 3.92. The van der Waals surface area contributed by atoms with Crippen LogP contribution in [0.15, 0.2) is 0 Å². The van der Waals surface area contributed by atoms with Gasteiger partial charge < -0.3 is 4.74 Å². The number of unbranched alkanes of at least 4 members (excludes halogenated alkanes) is 2. The summed E-state index contributed by atoms with van der Waals surface area (Å²) in [6.07, 6.45) is 6.45. The van der Waals surface area contributed by atoms with Crippen LogP contribution in [0.25, 0.3) is 0 Å². The Bertz CT molecular complexity index is 121. The number of thiol groups is 1. The van der Waals surface area contributed by atoms with Crippen molar-refractivity contribution < 1.29 is 4.74 Å². The predicted octanol–water partition coefficient (Wildman–Crippen LogP) is 2.90. The molecule has 0 spiro atoms. The molecule has 1 saturated carbocycles. The van der Waals surface area contributed by atoms with E-state index < -0.39 is 0 Å². The van der Waals surface area contributed by atoms with Gasteiger partial charge in [-0.1, -0.05) is 19.8 Å². The van der Waals surface area contributed by atoms with Crippen molar-refractivity contribution in [1.82, 2.24) is 0 Å². The average molecular weight is 188 g/mol. The van der Waals surface area contributed by atoms with Crippen molar-refractivity contribution in [2.45, 2.75) is 39.0 Å². The highest BCUT2D eigenvalue weighted by molar-refractivity contribution is 7.80. The SMILES string of the molecule is CCCCCOCC1(CS)CC1. The van der Waals surface area contributed by atoms with Gasteiger partial charge in [0.2, 0.25) is 0 Å². The molecular weight excluding hydrogens is 168 g/mol. The molecular formula is C10H20OS. The number of hydrogen-bond donors (Lipinski definition) is 1. The molecule has 12 heavy (non-hydrogen) atoms. The quantitative estimate of drug-likeness (QED) is 0.477. The molecule has 0 saturated heterocycles. The molecule has 0 heterocycles. The van der Waals surface area contributed by atoms with E-state index in [4.69, 9.17) is 4.74 Å². The van der Waals surface area contributed by atoms with Gasteiger partial charge in [-0.3, -0.25) is 0 Å². The Morgan fingerprint density at radius 1 is 1.33 bits per heavy atom. The summed E-state index contributed by atoms with van der Waals surface area (Å²) in [7, 11) is 0. The first-order valence-corrected chi connectivity index (χ1v) is 5.65. The number of ether oxygens (including phenoxy) is 1.